The first-order valence-electron chi connectivity index (χ1n) is 8.86. The molecular weight excluding hydrogens is 340 g/mol. The van der Waals surface area contributed by atoms with Crippen molar-refractivity contribution in [3.8, 4) is 5.69 Å². The molecule has 2 aromatic carbocycles. The van der Waals surface area contributed by atoms with Crippen molar-refractivity contribution in [1.82, 2.24) is 15.2 Å². The van der Waals surface area contributed by atoms with Crippen molar-refractivity contribution in [2.75, 3.05) is 11.6 Å². The topological polar surface area (TPSA) is 59.4 Å². The number of nitrogens with zero attached hydrogens (tertiary/aromatic N) is 3. The zero-order chi connectivity index (χ0) is 18.6. The minimum absolute atomic E-state index is 0.179. The van der Waals surface area contributed by atoms with Gasteiger partial charge in [0.25, 0.3) is 0 Å². The van der Waals surface area contributed by atoms with Gasteiger partial charge in [0.1, 0.15) is 5.70 Å². The molecule has 0 aliphatic carbocycles. The molecule has 6 nitrogen and oxygen atoms in total. The Morgan fingerprint density at radius 1 is 1.07 bits per heavy atom. The monoisotopic (exact) mass is 360 g/mol. The highest BCUT2D eigenvalue weighted by Gasteiger charge is 2.31. The summed E-state index contributed by atoms with van der Waals surface area (Å²) in [5.41, 5.74) is 6.65. The second-order valence-electron chi connectivity index (χ2n) is 6.10. The van der Waals surface area contributed by atoms with E-state index in [4.69, 9.17) is 4.74 Å². The number of hydrogen-bond acceptors (Lipinski definition) is 5. The summed E-state index contributed by atoms with van der Waals surface area (Å²) < 4.78 is 7.05. The number of nitrogens with one attached hydrogen (secondary N) is 1. The summed E-state index contributed by atoms with van der Waals surface area (Å²) >= 11 is 0. The van der Waals surface area contributed by atoms with Gasteiger partial charge in [0.2, 0.25) is 0 Å². The second-order valence-corrected chi connectivity index (χ2v) is 6.10. The summed E-state index contributed by atoms with van der Waals surface area (Å²) in [5.74, 6) is -0.355. The van der Waals surface area contributed by atoms with Crippen LogP contribution >= 0.6 is 0 Å². The fourth-order valence-corrected chi connectivity index (χ4v) is 3.02. The van der Waals surface area contributed by atoms with Gasteiger partial charge in [-0.05, 0) is 37.3 Å². The standard InChI is InChI=1S/C21H20N4O2/c1-2-27-21(26)20-13-19(23-25(20)18-11-7-4-8-12-18)16-14-22-24(15-16)17-9-5-3-6-10-17/h3-15,19,23H,2H2,1H3. The Labute approximate surface area is 157 Å². The fraction of sp³-hybridized carbons (Fsp3) is 0.143. The predicted octanol–water partition coefficient (Wildman–Crippen LogP) is 3.39. The molecule has 1 aromatic heterocycles. The molecule has 4 rings (SSSR count). The molecule has 0 saturated carbocycles. The molecule has 6 heteroatoms. The Hall–Kier alpha value is -3.38. The number of rotatable bonds is 5. The number of hydrogen-bond donors (Lipinski definition) is 1. The maximum Gasteiger partial charge on any atom is 0.356 e. The number of carbonyl (C=O) groups excluding carboxylic acids is 1. The van der Waals surface area contributed by atoms with Gasteiger partial charge in [-0.1, -0.05) is 36.4 Å². The molecule has 1 atom stereocenters. The van der Waals surface area contributed by atoms with E-state index in [-0.39, 0.29) is 12.0 Å². The normalized spacial score (nSPS) is 16.3. The van der Waals surface area contributed by atoms with Crippen molar-refractivity contribution in [3.05, 3.63) is 90.4 Å². The number of aromatic nitrogens is 2. The van der Waals surface area contributed by atoms with Crippen LogP contribution in [0.15, 0.2) is 84.8 Å². The SMILES string of the molecule is CCOC(=O)C1=CC(c2cnn(-c3ccccc3)c2)NN1c1ccccc1. The van der Waals surface area contributed by atoms with Crippen LogP contribution in [0, 0.1) is 0 Å². The van der Waals surface area contributed by atoms with E-state index in [9.17, 15) is 4.79 Å². The molecule has 1 aliphatic rings. The van der Waals surface area contributed by atoms with Crippen LogP contribution in [0.4, 0.5) is 5.69 Å². The first-order valence-corrected chi connectivity index (χ1v) is 8.86. The third kappa shape index (κ3) is 3.47. The van der Waals surface area contributed by atoms with E-state index in [1.54, 1.807) is 18.1 Å². The van der Waals surface area contributed by atoms with Crippen molar-refractivity contribution < 1.29 is 9.53 Å². The second kappa shape index (κ2) is 7.47. The Bertz CT molecular complexity index is 951. The van der Waals surface area contributed by atoms with Crippen LogP contribution in [0.1, 0.15) is 18.5 Å². The lowest BCUT2D eigenvalue weighted by molar-refractivity contribution is -0.138. The fourth-order valence-electron chi connectivity index (χ4n) is 3.02. The Kier molecular flexibility index (Phi) is 4.72. The zero-order valence-corrected chi connectivity index (χ0v) is 14.9. The van der Waals surface area contributed by atoms with E-state index >= 15 is 0 Å². The van der Waals surface area contributed by atoms with Gasteiger partial charge in [0.05, 0.1) is 30.2 Å². The summed E-state index contributed by atoms with van der Waals surface area (Å²) in [5, 5.41) is 6.21. The number of hydrazine groups is 1. The summed E-state index contributed by atoms with van der Waals surface area (Å²) in [6.07, 6.45) is 5.64. The van der Waals surface area contributed by atoms with E-state index in [2.05, 4.69) is 10.5 Å². The van der Waals surface area contributed by atoms with Crippen LogP contribution in [0.2, 0.25) is 0 Å². The molecule has 0 saturated heterocycles. The number of carbonyl (C=O) groups is 1. The maximum atomic E-state index is 12.4. The van der Waals surface area contributed by atoms with Gasteiger partial charge in [0, 0.05) is 11.8 Å². The average Bonchev–Trinajstić information content (AvgIpc) is 3.37. The first kappa shape index (κ1) is 17.1. The highest BCUT2D eigenvalue weighted by atomic mass is 16.5. The van der Waals surface area contributed by atoms with Crippen LogP contribution in [-0.4, -0.2) is 22.4 Å². The lowest BCUT2D eigenvalue weighted by atomic mass is 10.1. The number of esters is 1. The number of anilines is 1. The van der Waals surface area contributed by atoms with E-state index in [0.29, 0.717) is 12.3 Å². The maximum absolute atomic E-state index is 12.4. The lowest BCUT2D eigenvalue weighted by Gasteiger charge is -2.22. The Balaban J connectivity index is 1.64. The minimum Gasteiger partial charge on any atom is -0.461 e. The molecule has 0 bridgehead atoms. The van der Waals surface area contributed by atoms with E-state index in [1.165, 1.54) is 0 Å². The molecule has 2 heterocycles. The number of ether oxygens (including phenoxy) is 1. The van der Waals surface area contributed by atoms with Crippen LogP contribution in [-0.2, 0) is 9.53 Å². The molecule has 1 aliphatic heterocycles. The zero-order valence-electron chi connectivity index (χ0n) is 14.9. The lowest BCUT2D eigenvalue weighted by Crippen LogP contribution is -2.36. The van der Waals surface area contributed by atoms with Crippen LogP contribution in [0.3, 0.4) is 0 Å². The average molecular weight is 360 g/mol. The van der Waals surface area contributed by atoms with Crippen molar-refractivity contribution >= 4 is 11.7 Å². The molecule has 0 radical (unpaired) electrons. The van der Waals surface area contributed by atoms with Crippen molar-refractivity contribution in [2.24, 2.45) is 0 Å². The van der Waals surface area contributed by atoms with E-state index in [1.807, 2.05) is 77.6 Å². The smallest absolute Gasteiger partial charge is 0.356 e. The Morgan fingerprint density at radius 2 is 1.74 bits per heavy atom. The van der Waals surface area contributed by atoms with Gasteiger partial charge in [-0.25, -0.2) is 14.9 Å². The highest BCUT2D eigenvalue weighted by molar-refractivity contribution is 5.93. The number of benzene rings is 2. The van der Waals surface area contributed by atoms with Gasteiger partial charge in [-0.2, -0.15) is 5.10 Å². The van der Waals surface area contributed by atoms with Crippen LogP contribution in [0.25, 0.3) is 5.69 Å². The van der Waals surface area contributed by atoms with Gasteiger partial charge in [0.15, 0.2) is 0 Å². The molecule has 0 amide bonds. The highest BCUT2D eigenvalue weighted by Crippen LogP contribution is 2.29. The van der Waals surface area contributed by atoms with Crippen molar-refractivity contribution in [1.29, 1.82) is 0 Å². The molecule has 0 fully saturated rings. The van der Waals surface area contributed by atoms with Gasteiger partial charge in [-0.3, -0.25) is 5.01 Å². The Morgan fingerprint density at radius 3 is 2.41 bits per heavy atom. The third-order valence-corrected chi connectivity index (χ3v) is 4.32. The van der Waals surface area contributed by atoms with Crippen molar-refractivity contribution in [3.63, 3.8) is 0 Å². The van der Waals surface area contributed by atoms with Gasteiger partial charge in [-0.15, -0.1) is 0 Å². The minimum atomic E-state index is -0.355. The molecule has 136 valence electrons. The van der Waals surface area contributed by atoms with E-state index < -0.39 is 0 Å². The third-order valence-electron chi connectivity index (χ3n) is 4.32. The molecule has 3 aromatic rings. The molecule has 27 heavy (non-hydrogen) atoms. The van der Waals surface area contributed by atoms with Gasteiger partial charge >= 0.3 is 5.97 Å². The summed E-state index contributed by atoms with van der Waals surface area (Å²) in [7, 11) is 0. The van der Waals surface area contributed by atoms with Crippen molar-refractivity contribution in [2.45, 2.75) is 13.0 Å². The number of para-hydroxylation sites is 2. The molecule has 1 N–H and O–H groups in total. The van der Waals surface area contributed by atoms with E-state index in [0.717, 1.165) is 16.9 Å². The van der Waals surface area contributed by atoms with Gasteiger partial charge < -0.3 is 4.74 Å². The molecule has 1 unspecified atom stereocenters. The summed E-state index contributed by atoms with van der Waals surface area (Å²) in [4.78, 5) is 12.4. The first-order chi connectivity index (χ1) is 13.3. The van der Waals surface area contributed by atoms with Crippen LogP contribution < -0.4 is 10.4 Å². The predicted molar refractivity (Wildman–Crippen MR) is 103 cm³/mol. The molecular formula is C21H20N4O2. The summed E-state index contributed by atoms with van der Waals surface area (Å²) in [6.45, 7) is 2.13. The largest absolute Gasteiger partial charge is 0.461 e. The molecule has 0 spiro atoms. The van der Waals surface area contributed by atoms with Crippen LogP contribution in [0.5, 0.6) is 0 Å². The quantitative estimate of drug-likeness (QED) is 0.707. The summed E-state index contributed by atoms with van der Waals surface area (Å²) in [6, 6.07) is 19.4.